The average Bonchev–Trinajstić information content (AvgIpc) is 3.39. The number of ether oxygens (including phenoxy) is 2. The van der Waals surface area contributed by atoms with Crippen molar-refractivity contribution >= 4 is 5.69 Å². The first kappa shape index (κ1) is 22.7. The second kappa shape index (κ2) is 10.9. The predicted molar refractivity (Wildman–Crippen MR) is 137 cm³/mol. The quantitative estimate of drug-likeness (QED) is 0.456. The van der Waals surface area contributed by atoms with Crippen LogP contribution in [0.25, 0.3) is 0 Å². The van der Waals surface area contributed by atoms with Gasteiger partial charge in [0.05, 0.1) is 18.9 Å². The van der Waals surface area contributed by atoms with E-state index in [4.69, 9.17) is 9.47 Å². The SMILES string of the molecule is COc1ccc(N2CCN(Cc3ccccn3)[C@@H](Cc3ccccc3)C2)cc1OC1CCCC1. The summed E-state index contributed by atoms with van der Waals surface area (Å²) in [6.07, 6.45) is 8.01. The summed E-state index contributed by atoms with van der Waals surface area (Å²) in [5.74, 6) is 1.70. The lowest BCUT2D eigenvalue weighted by Gasteiger charge is -2.42. The number of pyridine rings is 1. The third-order valence-corrected chi connectivity index (χ3v) is 7.12. The molecule has 0 spiro atoms. The molecule has 1 atom stereocenters. The molecule has 1 aromatic heterocycles. The lowest BCUT2D eigenvalue weighted by molar-refractivity contribution is 0.165. The summed E-state index contributed by atoms with van der Waals surface area (Å²) in [5, 5.41) is 0. The van der Waals surface area contributed by atoms with Crippen LogP contribution in [-0.4, -0.2) is 48.8 Å². The van der Waals surface area contributed by atoms with E-state index in [2.05, 4.69) is 75.4 Å². The Morgan fingerprint density at radius 2 is 1.74 bits per heavy atom. The summed E-state index contributed by atoms with van der Waals surface area (Å²) in [7, 11) is 1.72. The highest BCUT2D eigenvalue weighted by atomic mass is 16.5. The molecule has 3 aromatic rings. The van der Waals surface area contributed by atoms with Crippen molar-refractivity contribution in [2.75, 3.05) is 31.6 Å². The van der Waals surface area contributed by atoms with Crippen molar-refractivity contribution < 1.29 is 9.47 Å². The first-order valence-corrected chi connectivity index (χ1v) is 12.6. The van der Waals surface area contributed by atoms with Gasteiger partial charge in [-0.25, -0.2) is 0 Å². The normalized spacial score (nSPS) is 19.3. The second-order valence-electron chi connectivity index (χ2n) is 9.44. The van der Waals surface area contributed by atoms with Crippen LogP contribution in [0.5, 0.6) is 11.5 Å². The van der Waals surface area contributed by atoms with Crippen molar-refractivity contribution in [1.82, 2.24) is 9.88 Å². The molecule has 1 aliphatic heterocycles. The molecule has 2 heterocycles. The molecule has 34 heavy (non-hydrogen) atoms. The van der Waals surface area contributed by atoms with Crippen LogP contribution in [0.3, 0.4) is 0 Å². The van der Waals surface area contributed by atoms with E-state index in [1.54, 1.807) is 7.11 Å². The number of hydrogen-bond acceptors (Lipinski definition) is 5. The number of methoxy groups -OCH3 is 1. The summed E-state index contributed by atoms with van der Waals surface area (Å²) in [6, 6.07) is 23.8. The van der Waals surface area contributed by atoms with Crippen molar-refractivity contribution in [2.45, 2.75) is 50.8 Å². The predicted octanol–water partition coefficient (Wildman–Crippen LogP) is 5.35. The number of aromatic nitrogens is 1. The molecule has 2 fully saturated rings. The minimum Gasteiger partial charge on any atom is -0.493 e. The molecule has 0 bridgehead atoms. The topological polar surface area (TPSA) is 37.8 Å². The Hall–Kier alpha value is -3.05. The van der Waals surface area contributed by atoms with Crippen LogP contribution in [0.1, 0.15) is 36.9 Å². The summed E-state index contributed by atoms with van der Waals surface area (Å²) in [4.78, 5) is 9.68. The van der Waals surface area contributed by atoms with Crippen molar-refractivity contribution in [3.05, 3.63) is 84.2 Å². The third kappa shape index (κ3) is 5.53. The Bertz CT molecular complexity index is 1040. The fraction of sp³-hybridized carbons (Fsp3) is 0.414. The summed E-state index contributed by atoms with van der Waals surface area (Å²) in [6.45, 7) is 3.83. The van der Waals surface area contributed by atoms with Gasteiger partial charge in [0.25, 0.3) is 0 Å². The lowest BCUT2D eigenvalue weighted by Crippen LogP contribution is -2.53. The van der Waals surface area contributed by atoms with Crippen LogP contribution in [-0.2, 0) is 13.0 Å². The molecular formula is C29H35N3O2. The van der Waals surface area contributed by atoms with Crippen molar-refractivity contribution in [2.24, 2.45) is 0 Å². The molecule has 1 saturated heterocycles. The van der Waals surface area contributed by atoms with Crippen LogP contribution >= 0.6 is 0 Å². The summed E-state index contributed by atoms with van der Waals surface area (Å²) in [5.41, 5.74) is 3.72. The maximum atomic E-state index is 6.38. The minimum atomic E-state index is 0.310. The Morgan fingerprint density at radius 3 is 2.50 bits per heavy atom. The molecule has 2 aromatic carbocycles. The van der Waals surface area contributed by atoms with E-state index in [0.29, 0.717) is 12.1 Å². The van der Waals surface area contributed by atoms with Gasteiger partial charge in [-0.15, -0.1) is 0 Å². The summed E-state index contributed by atoms with van der Waals surface area (Å²) < 4.78 is 12.0. The number of benzene rings is 2. The molecule has 5 heteroatoms. The monoisotopic (exact) mass is 457 g/mol. The van der Waals surface area contributed by atoms with Gasteiger partial charge in [0.15, 0.2) is 11.5 Å². The molecule has 1 saturated carbocycles. The molecule has 0 radical (unpaired) electrons. The van der Waals surface area contributed by atoms with Gasteiger partial charge >= 0.3 is 0 Å². The molecule has 178 valence electrons. The molecular weight excluding hydrogens is 422 g/mol. The first-order valence-electron chi connectivity index (χ1n) is 12.6. The van der Waals surface area contributed by atoms with Gasteiger partial charge in [0, 0.05) is 50.2 Å². The Labute approximate surface area is 203 Å². The van der Waals surface area contributed by atoms with Crippen molar-refractivity contribution in [3.63, 3.8) is 0 Å². The zero-order valence-corrected chi connectivity index (χ0v) is 20.1. The van der Waals surface area contributed by atoms with Crippen molar-refractivity contribution in [3.8, 4) is 11.5 Å². The van der Waals surface area contributed by atoms with E-state index in [9.17, 15) is 0 Å². The van der Waals surface area contributed by atoms with Gasteiger partial charge in [-0.3, -0.25) is 9.88 Å². The highest BCUT2D eigenvalue weighted by Gasteiger charge is 2.28. The lowest BCUT2D eigenvalue weighted by atomic mass is 10.0. The van der Waals surface area contributed by atoms with E-state index >= 15 is 0 Å². The fourth-order valence-corrected chi connectivity index (χ4v) is 5.26. The standard InChI is InChI=1S/C29H35N3O2/c1-33-28-15-14-25(20-29(28)34-27-12-5-6-13-27)32-18-17-31(21-24-11-7-8-16-30-24)26(22-32)19-23-9-3-2-4-10-23/h2-4,7-11,14-16,20,26-27H,5-6,12-13,17-19,21-22H2,1H3/t26-/m0/s1. The Morgan fingerprint density at radius 1 is 0.912 bits per heavy atom. The fourth-order valence-electron chi connectivity index (χ4n) is 5.26. The maximum absolute atomic E-state index is 6.38. The number of nitrogens with zero attached hydrogens (tertiary/aromatic N) is 3. The zero-order valence-electron chi connectivity index (χ0n) is 20.1. The van der Waals surface area contributed by atoms with E-state index in [0.717, 1.165) is 62.6 Å². The molecule has 0 amide bonds. The van der Waals surface area contributed by atoms with Crippen molar-refractivity contribution in [1.29, 1.82) is 0 Å². The highest BCUT2D eigenvalue weighted by Crippen LogP contribution is 2.36. The van der Waals surface area contributed by atoms with Crippen LogP contribution in [0.2, 0.25) is 0 Å². The molecule has 2 aliphatic rings. The summed E-state index contributed by atoms with van der Waals surface area (Å²) >= 11 is 0. The van der Waals surface area contributed by atoms with E-state index in [1.807, 2.05) is 12.3 Å². The number of hydrogen-bond donors (Lipinski definition) is 0. The molecule has 1 aliphatic carbocycles. The number of piperazine rings is 1. The highest BCUT2D eigenvalue weighted by molar-refractivity contribution is 5.57. The molecule has 5 rings (SSSR count). The number of rotatable bonds is 8. The molecule has 5 nitrogen and oxygen atoms in total. The van der Waals surface area contributed by atoms with E-state index < -0.39 is 0 Å². The van der Waals surface area contributed by atoms with Gasteiger partial charge < -0.3 is 14.4 Å². The van der Waals surface area contributed by atoms with Crippen LogP contribution in [0.4, 0.5) is 5.69 Å². The van der Waals surface area contributed by atoms with Crippen LogP contribution in [0, 0.1) is 0 Å². The van der Waals surface area contributed by atoms with Gasteiger partial charge in [0.1, 0.15) is 0 Å². The van der Waals surface area contributed by atoms with Crippen LogP contribution < -0.4 is 14.4 Å². The Balaban J connectivity index is 1.35. The van der Waals surface area contributed by atoms with Gasteiger partial charge in [0.2, 0.25) is 0 Å². The molecule has 0 N–H and O–H groups in total. The third-order valence-electron chi connectivity index (χ3n) is 7.12. The first-order chi connectivity index (χ1) is 16.8. The van der Waals surface area contributed by atoms with E-state index in [1.165, 1.54) is 24.1 Å². The van der Waals surface area contributed by atoms with Crippen LogP contribution in [0.15, 0.2) is 72.9 Å². The van der Waals surface area contributed by atoms with E-state index in [-0.39, 0.29) is 0 Å². The smallest absolute Gasteiger partial charge is 0.163 e. The number of anilines is 1. The zero-order chi connectivity index (χ0) is 23.2. The van der Waals surface area contributed by atoms with Gasteiger partial charge in [-0.1, -0.05) is 36.4 Å². The second-order valence-corrected chi connectivity index (χ2v) is 9.44. The van der Waals surface area contributed by atoms with Gasteiger partial charge in [-0.05, 0) is 61.9 Å². The Kier molecular flexibility index (Phi) is 7.30. The maximum Gasteiger partial charge on any atom is 0.163 e. The largest absolute Gasteiger partial charge is 0.493 e. The van der Waals surface area contributed by atoms with Gasteiger partial charge in [-0.2, -0.15) is 0 Å². The minimum absolute atomic E-state index is 0.310. The average molecular weight is 458 g/mol. The molecule has 0 unspecified atom stereocenters.